The van der Waals surface area contributed by atoms with E-state index in [0.29, 0.717) is 12.8 Å². The van der Waals surface area contributed by atoms with E-state index in [1.807, 2.05) is 24.3 Å². The molecule has 0 spiro atoms. The average Bonchev–Trinajstić information content (AvgIpc) is 3.22. The molecule has 2 aromatic carbocycles. The summed E-state index contributed by atoms with van der Waals surface area (Å²) in [6.45, 7) is 0. The minimum atomic E-state index is -0.692. The van der Waals surface area contributed by atoms with Crippen molar-refractivity contribution in [1.29, 1.82) is 0 Å². The van der Waals surface area contributed by atoms with Gasteiger partial charge in [0.05, 0.1) is 18.6 Å². The number of rotatable bonds is 6. The number of terminal acetylenes is 1. The molecule has 2 aromatic rings. The first kappa shape index (κ1) is 18.6. The van der Waals surface area contributed by atoms with Gasteiger partial charge < -0.3 is 14.3 Å². The molecular formula is C25H26O3. The van der Waals surface area contributed by atoms with Crippen LogP contribution in [0.1, 0.15) is 49.7 Å². The van der Waals surface area contributed by atoms with Gasteiger partial charge in [0.25, 0.3) is 0 Å². The lowest BCUT2D eigenvalue weighted by Gasteiger charge is -2.52. The average molecular weight is 374 g/mol. The summed E-state index contributed by atoms with van der Waals surface area (Å²) in [5.74, 6) is 4.26. The van der Waals surface area contributed by atoms with E-state index in [9.17, 15) is 4.79 Å². The van der Waals surface area contributed by atoms with Crippen LogP contribution in [0.25, 0.3) is 0 Å². The van der Waals surface area contributed by atoms with Crippen molar-refractivity contribution in [3.63, 3.8) is 0 Å². The molecular weight excluding hydrogens is 348 g/mol. The number of benzene rings is 2. The van der Waals surface area contributed by atoms with Crippen LogP contribution in [0, 0.1) is 17.8 Å². The van der Waals surface area contributed by atoms with Crippen LogP contribution in [0.2, 0.25) is 0 Å². The molecule has 0 saturated heterocycles. The van der Waals surface area contributed by atoms with Crippen molar-refractivity contribution in [3.8, 4) is 23.8 Å². The van der Waals surface area contributed by atoms with Crippen LogP contribution in [0.15, 0.2) is 48.5 Å². The summed E-state index contributed by atoms with van der Waals surface area (Å²) in [5.41, 5.74) is 1.33. The lowest BCUT2D eigenvalue weighted by atomic mass is 9.49. The number of carbonyl (C=O) groups excluding carboxylic acids is 1. The Labute approximate surface area is 167 Å². The number of aldehydes is 1. The summed E-state index contributed by atoms with van der Waals surface area (Å²) >= 11 is 0. The molecule has 3 heteroatoms. The van der Waals surface area contributed by atoms with Crippen molar-refractivity contribution < 1.29 is 14.3 Å². The molecule has 3 nitrogen and oxygen atoms in total. The normalized spacial score (nSPS) is 26.9. The second-order valence-corrected chi connectivity index (χ2v) is 8.11. The molecule has 0 heterocycles. The molecule has 2 fully saturated rings. The summed E-state index contributed by atoms with van der Waals surface area (Å²) in [7, 11) is 1.67. The molecule has 28 heavy (non-hydrogen) atoms. The molecule has 0 N–H and O–H groups in total. The molecule has 2 aliphatic rings. The van der Waals surface area contributed by atoms with Crippen molar-refractivity contribution >= 4 is 6.29 Å². The second kappa shape index (κ2) is 7.36. The summed E-state index contributed by atoms with van der Waals surface area (Å²) in [4.78, 5) is 11.7. The smallest absolute Gasteiger partial charge is 0.161 e. The Hall–Kier alpha value is -2.73. The highest BCUT2D eigenvalue weighted by molar-refractivity contribution is 5.70. The number of ether oxygens (including phenoxy) is 2. The summed E-state index contributed by atoms with van der Waals surface area (Å²) in [6, 6.07) is 16.5. The minimum Gasteiger partial charge on any atom is -0.493 e. The SMILES string of the molecule is C#CC1(C=O)CC(c2ccccc2)(c2ccc(OC)c(OC3CCCC3)c2)C1. The number of methoxy groups -OCH3 is 1. The maximum Gasteiger partial charge on any atom is 0.161 e. The molecule has 0 aliphatic heterocycles. The predicted molar refractivity (Wildman–Crippen MR) is 110 cm³/mol. The first-order valence-corrected chi connectivity index (χ1v) is 9.99. The third-order valence-electron chi connectivity index (χ3n) is 6.39. The van der Waals surface area contributed by atoms with Crippen molar-refractivity contribution in [2.45, 2.75) is 50.0 Å². The van der Waals surface area contributed by atoms with E-state index < -0.39 is 5.41 Å². The van der Waals surface area contributed by atoms with Gasteiger partial charge in [-0.05, 0) is 61.8 Å². The van der Waals surface area contributed by atoms with E-state index >= 15 is 0 Å². The highest BCUT2D eigenvalue weighted by atomic mass is 16.5. The Morgan fingerprint density at radius 1 is 1.04 bits per heavy atom. The summed E-state index contributed by atoms with van der Waals surface area (Å²) < 4.78 is 11.9. The largest absolute Gasteiger partial charge is 0.493 e. The van der Waals surface area contributed by atoms with Crippen molar-refractivity contribution in [2.24, 2.45) is 5.41 Å². The Balaban J connectivity index is 1.75. The van der Waals surface area contributed by atoms with Crippen molar-refractivity contribution in [1.82, 2.24) is 0 Å². The standard InChI is InChI=1S/C25H26O3/c1-3-24(18-26)16-25(17-24,19-9-5-4-6-10-19)20-13-14-22(27-2)23(15-20)28-21-11-7-8-12-21/h1,4-6,9-10,13-15,18,21H,7-8,11-12,16-17H2,2H3. The Bertz CT molecular complexity index is 882. The fraction of sp³-hybridized carbons (Fsp3) is 0.400. The van der Waals surface area contributed by atoms with Crippen LogP contribution in [0.3, 0.4) is 0 Å². The van der Waals surface area contributed by atoms with Gasteiger partial charge in [-0.15, -0.1) is 6.42 Å². The molecule has 0 aromatic heterocycles. The van der Waals surface area contributed by atoms with Gasteiger partial charge in [0.1, 0.15) is 6.29 Å². The van der Waals surface area contributed by atoms with E-state index in [1.165, 1.54) is 18.4 Å². The quantitative estimate of drug-likeness (QED) is 0.532. The van der Waals surface area contributed by atoms with Gasteiger partial charge >= 0.3 is 0 Å². The molecule has 0 radical (unpaired) electrons. The van der Waals surface area contributed by atoms with Gasteiger partial charge in [-0.1, -0.05) is 42.3 Å². The first-order chi connectivity index (χ1) is 13.6. The van der Waals surface area contributed by atoms with Gasteiger partial charge in [0.2, 0.25) is 0 Å². The van der Waals surface area contributed by atoms with Crippen molar-refractivity contribution in [2.75, 3.05) is 7.11 Å². The van der Waals surface area contributed by atoms with Crippen LogP contribution in [-0.2, 0) is 10.2 Å². The zero-order valence-corrected chi connectivity index (χ0v) is 16.3. The Morgan fingerprint density at radius 2 is 1.75 bits per heavy atom. The van der Waals surface area contributed by atoms with E-state index in [-0.39, 0.29) is 11.5 Å². The minimum absolute atomic E-state index is 0.248. The second-order valence-electron chi connectivity index (χ2n) is 8.11. The number of hydrogen-bond donors (Lipinski definition) is 0. The van der Waals surface area contributed by atoms with Gasteiger partial charge in [0.15, 0.2) is 11.5 Å². The third kappa shape index (κ3) is 3.07. The van der Waals surface area contributed by atoms with Gasteiger partial charge in [-0.3, -0.25) is 0 Å². The van der Waals surface area contributed by atoms with E-state index in [2.05, 4.69) is 30.2 Å². The monoisotopic (exact) mass is 374 g/mol. The van der Waals surface area contributed by atoms with Crippen LogP contribution in [0.5, 0.6) is 11.5 Å². The Morgan fingerprint density at radius 3 is 2.36 bits per heavy atom. The zero-order chi connectivity index (χ0) is 19.6. The van der Waals surface area contributed by atoms with Crippen LogP contribution in [0.4, 0.5) is 0 Å². The van der Waals surface area contributed by atoms with E-state index in [4.69, 9.17) is 15.9 Å². The molecule has 0 atom stereocenters. The fourth-order valence-electron chi connectivity index (χ4n) is 4.83. The van der Waals surface area contributed by atoms with Gasteiger partial charge in [-0.2, -0.15) is 0 Å². The molecule has 0 unspecified atom stereocenters. The number of hydrogen-bond acceptors (Lipinski definition) is 3. The molecule has 2 saturated carbocycles. The highest BCUT2D eigenvalue weighted by Crippen LogP contribution is 2.58. The molecule has 0 amide bonds. The van der Waals surface area contributed by atoms with E-state index in [1.54, 1.807) is 7.11 Å². The predicted octanol–water partition coefficient (Wildman–Crippen LogP) is 4.92. The lowest BCUT2D eigenvalue weighted by molar-refractivity contribution is -0.119. The maximum absolute atomic E-state index is 11.7. The molecule has 144 valence electrons. The summed E-state index contributed by atoms with van der Waals surface area (Å²) in [6.07, 6.45) is 12.7. The molecule has 2 aliphatic carbocycles. The maximum atomic E-state index is 11.7. The van der Waals surface area contributed by atoms with E-state index in [0.717, 1.165) is 36.2 Å². The topological polar surface area (TPSA) is 35.5 Å². The van der Waals surface area contributed by atoms with Gasteiger partial charge in [0, 0.05) is 5.41 Å². The Kier molecular flexibility index (Phi) is 4.89. The zero-order valence-electron chi connectivity index (χ0n) is 16.3. The first-order valence-electron chi connectivity index (χ1n) is 9.99. The van der Waals surface area contributed by atoms with Crippen LogP contribution >= 0.6 is 0 Å². The lowest BCUT2D eigenvalue weighted by Crippen LogP contribution is -2.50. The molecule has 0 bridgehead atoms. The highest BCUT2D eigenvalue weighted by Gasteiger charge is 2.56. The van der Waals surface area contributed by atoms with Crippen LogP contribution < -0.4 is 9.47 Å². The fourth-order valence-corrected chi connectivity index (χ4v) is 4.83. The molecule has 4 rings (SSSR count). The third-order valence-corrected chi connectivity index (χ3v) is 6.39. The number of carbonyl (C=O) groups is 1. The van der Waals surface area contributed by atoms with Crippen molar-refractivity contribution in [3.05, 3.63) is 59.7 Å². The van der Waals surface area contributed by atoms with Gasteiger partial charge in [-0.25, -0.2) is 0 Å². The summed E-state index contributed by atoms with van der Waals surface area (Å²) in [5, 5.41) is 0. The van der Waals surface area contributed by atoms with Crippen LogP contribution in [-0.4, -0.2) is 19.5 Å².